The van der Waals surface area contributed by atoms with E-state index in [1.54, 1.807) is 24.3 Å². The average molecular weight is 327 g/mol. The Balaban J connectivity index is 2.17. The Labute approximate surface area is 129 Å². The standard InChI is InChI=1S/C14H6Cl3NO2/c15-9-5-6-10(12(17)11(9)16)18-13(19)7-3-1-2-4-8(7)14(18)20/h1-6H. The summed E-state index contributed by atoms with van der Waals surface area (Å²) in [6, 6.07) is 9.59. The first-order chi connectivity index (χ1) is 9.52. The van der Waals surface area contributed by atoms with Crippen molar-refractivity contribution in [1.29, 1.82) is 0 Å². The van der Waals surface area contributed by atoms with Crippen LogP contribution in [-0.2, 0) is 0 Å². The zero-order valence-corrected chi connectivity index (χ0v) is 12.1. The molecule has 0 aliphatic carbocycles. The highest BCUT2D eigenvalue weighted by Gasteiger charge is 2.37. The van der Waals surface area contributed by atoms with Gasteiger partial charge in [-0.05, 0) is 24.3 Å². The van der Waals surface area contributed by atoms with E-state index in [0.29, 0.717) is 11.1 Å². The minimum atomic E-state index is -0.425. The van der Waals surface area contributed by atoms with Crippen molar-refractivity contribution in [3.8, 4) is 0 Å². The fourth-order valence-electron chi connectivity index (χ4n) is 2.10. The highest BCUT2D eigenvalue weighted by Crippen LogP contribution is 2.40. The van der Waals surface area contributed by atoms with Crippen LogP contribution in [0.4, 0.5) is 5.69 Å². The predicted molar refractivity (Wildman–Crippen MR) is 79.1 cm³/mol. The molecule has 1 aliphatic heterocycles. The third-order valence-corrected chi connectivity index (χ3v) is 4.33. The Morgan fingerprint density at radius 2 is 1.30 bits per heavy atom. The van der Waals surface area contributed by atoms with Crippen molar-refractivity contribution in [1.82, 2.24) is 0 Å². The number of benzene rings is 2. The van der Waals surface area contributed by atoms with E-state index in [0.717, 1.165) is 4.90 Å². The molecule has 0 unspecified atom stereocenters. The van der Waals surface area contributed by atoms with E-state index in [1.165, 1.54) is 12.1 Å². The third kappa shape index (κ3) is 1.82. The van der Waals surface area contributed by atoms with Gasteiger partial charge in [-0.15, -0.1) is 0 Å². The SMILES string of the molecule is O=C1c2ccccc2C(=O)N1c1ccc(Cl)c(Cl)c1Cl. The number of hydrogen-bond donors (Lipinski definition) is 0. The number of carbonyl (C=O) groups is 2. The first-order valence-electron chi connectivity index (χ1n) is 5.63. The van der Waals surface area contributed by atoms with Crippen molar-refractivity contribution in [3.05, 3.63) is 62.6 Å². The van der Waals surface area contributed by atoms with Crippen molar-refractivity contribution in [2.45, 2.75) is 0 Å². The van der Waals surface area contributed by atoms with E-state index in [2.05, 4.69) is 0 Å². The zero-order valence-electron chi connectivity index (χ0n) is 9.86. The maximum absolute atomic E-state index is 12.3. The second kappa shape index (κ2) is 4.77. The summed E-state index contributed by atoms with van der Waals surface area (Å²) in [6.45, 7) is 0. The van der Waals surface area contributed by atoms with Gasteiger partial charge in [0.05, 0.1) is 31.9 Å². The van der Waals surface area contributed by atoms with Gasteiger partial charge in [-0.3, -0.25) is 9.59 Å². The normalized spacial score (nSPS) is 13.8. The molecule has 20 heavy (non-hydrogen) atoms. The van der Waals surface area contributed by atoms with Gasteiger partial charge in [-0.1, -0.05) is 46.9 Å². The molecule has 0 saturated carbocycles. The zero-order chi connectivity index (χ0) is 14.4. The summed E-state index contributed by atoms with van der Waals surface area (Å²) >= 11 is 17.9. The molecule has 0 N–H and O–H groups in total. The molecule has 6 heteroatoms. The lowest BCUT2D eigenvalue weighted by Gasteiger charge is -2.16. The summed E-state index contributed by atoms with van der Waals surface area (Å²) in [5.74, 6) is -0.850. The first-order valence-corrected chi connectivity index (χ1v) is 6.77. The van der Waals surface area contributed by atoms with Crippen molar-refractivity contribution < 1.29 is 9.59 Å². The van der Waals surface area contributed by atoms with Crippen molar-refractivity contribution in [2.24, 2.45) is 0 Å². The van der Waals surface area contributed by atoms with Crippen LogP contribution in [0.1, 0.15) is 20.7 Å². The van der Waals surface area contributed by atoms with E-state index in [1.807, 2.05) is 0 Å². The highest BCUT2D eigenvalue weighted by atomic mass is 35.5. The lowest BCUT2D eigenvalue weighted by Crippen LogP contribution is -2.29. The smallest absolute Gasteiger partial charge is 0.266 e. The Morgan fingerprint density at radius 1 is 0.750 bits per heavy atom. The van der Waals surface area contributed by atoms with Gasteiger partial charge in [0.15, 0.2) is 0 Å². The van der Waals surface area contributed by atoms with Crippen LogP contribution in [0.2, 0.25) is 15.1 Å². The molecule has 0 radical (unpaired) electrons. The Morgan fingerprint density at radius 3 is 1.85 bits per heavy atom. The molecule has 1 heterocycles. The average Bonchev–Trinajstić information content (AvgIpc) is 2.70. The molecule has 0 bridgehead atoms. The quantitative estimate of drug-likeness (QED) is 0.573. The Bertz CT molecular complexity index is 723. The van der Waals surface area contributed by atoms with Gasteiger partial charge in [0.2, 0.25) is 0 Å². The molecule has 1 aliphatic rings. The van der Waals surface area contributed by atoms with Crippen molar-refractivity contribution >= 4 is 52.3 Å². The molecule has 3 rings (SSSR count). The van der Waals surface area contributed by atoms with Crippen LogP contribution in [0.25, 0.3) is 0 Å². The van der Waals surface area contributed by atoms with Crippen molar-refractivity contribution in [3.63, 3.8) is 0 Å². The Kier molecular flexibility index (Phi) is 3.21. The number of hydrogen-bond acceptors (Lipinski definition) is 2. The number of anilines is 1. The number of rotatable bonds is 1. The number of imide groups is 1. The van der Waals surface area contributed by atoms with Gasteiger partial charge >= 0.3 is 0 Å². The van der Waals surface area contributed by atoms with Crippen LogP contribution in [0.15, 0.2) is 36.4 Å². The lowest BCUT2D eigenvalue weighted by molar-refractivity contribution is 0.0926. The molecule has 0 spiro atoms. The van der Waals surface area contributed by atoms with Crippen LogP contribution in [0, 0.1) is 0 Å². The number of fused-ring (bicyclic) bond motifs is 1. The monoisotopic (exact) mass is 325 g/mol. The number of halogens is 3. The maximum Gasteiger partial charge on any atom is 0.266 e. The largest absolute Gasteiger partial charge is 0.268 e. The van der Waals surface area contributed by atoms with Crippen LogP contribution < -0.4 is 4.90 Å². The van der Waals surface area contributed by atoms with E-state index in [4.69, 9.17) is 34.8 Å². The van der Waals surface area contributed by atoms with E-state index in [9.17, 15) is 9.59 Å². The van der Waals surface area contributed by atoms with Gasteiger partial charge in [0.1, 0.15) is 0 Å². The van der Waals surface area contributed by atoms with Gasteiger partial charge in [0.25, 0.3) is 11.8 Å². The molecule has 2 amide bonds. The van der Waals surface area contributed by atoms with Gasteiger partial charge < -0.3 is 0 Å². The number of amides is 2. The molecule has 3 nitrogen and oxygen atoms in total. The van der Waals surface area contributed by atoms with Gasteiger partial charge in [-0.25, -0.2) is 4.90 Å². The molecule has 0 aromatic heterocycles. The summed E-state index contributed by atoms with van der Waals surface area (Å²) < 4.78 is 0. The van der Waals surface area contributed by atoms with Crippen LogP contribution in [-0.4, -0.2) is 11.8 Å². The summed E-state index contributed by atoms with van der Waals surface area (Å²) in [5, 5.41) is 0.452. The fourth-order valence-corrected chi connectivity index (χ4v) is 2.71. The molecule has 0 atom stereocenters. The third-order valence-electron chi connectivity index (χ3n) is 3.05. The molecular weight excluding hydrogens is 321 g/mol. The van der Waals surface area contributed by atoms with E-state index < -0.39 is 11.8 Å². The predicted octanol–water partition coefficient (Wildman–Crippen LogP) is 4.45. The van der Waals surface area contributed by atoms with E-state index in [-0.39, 0.29) is 20.8 Å². The molecule has 100 valence electrons. The summed E-state index contributed by atoms with van der Waals surface area (Å²) in [5.41, 5.74) is 0.923. The molecule has 0 saturated heterocycles. The minimum Gasteiger partial charge on any atom is -0.268 e. The van der Waals surface area contributed by atoms with Crippen LogP contribution in [0.3, 0.4) is 0 Å². The summed E-state index contributed by atoms with van der Waals surface area (Å²) in [6.07, 6.45) is 0. The molecular formula is C14H6Cl3NO2. The van der Waals surface area contributed by atoms with Crippen LogP contribution in [0.5, 0.6) is 0 Å². The highest BCUT2D eigenvalue weighted by molar-refractivity contribution is 6.50. The van der Waals surface area contributed by atoms with Crippen molar-refractivity contribution in [2.75, 3.05) is 4.90 Å². The number of carbonyl (C=O) groups excluding carboxylic acids is 2. The topological polar surface area (TPSA) is 37.4 Å². The molecule has 2 aromatic rings. The van der Waals surface area contributed by atoms with Gasteiger partial charge in [-0.2, -0.15) is 0 Å². The van der Waals surface area contributed by atoms with Crippen LogP contribution >= 0.6 is 34.8 Å². The lowest BCUT2D eigenvalue weighted by atomic mass is 10.1. The summed E-state index contributed by atoms with van der Waals surface area (Å²) in [7, 11) is 0. The molecule has 2 aromatic carbocycles. The number of nitrogens with zero attached hydrogens (tertiary/aromatic N) is 1. The minimum absolute atomic E-state index is 0.0775. The molecule has 0 fully saturated rings. The van der Waals surface area contributed by atoms with E-state index >= 15 is 0 Å². The fraction of sp³-hybridized carbons (Fsp3) is 0. The Hall–Kier alpha value is -1.55. The second-order valence-electron chi connectivity index (χ2n) is 4.19. The first kappa shape index (κ1) is 13.4. The summed E-state index contributed by atoms with van der Waals surface area (Å²) in [4.78, 5) is 25.7. The maximum atomic E-state index is 12.3. The van der Waals surface area contributed by atoms with Gasteiger partial charge in [0, 0.05) is 0 Å². The second-order valence-corrected chi connectivity index (χ2v) is 5.35.